The van der Waals surface area contributed by atoms with Gasteiger partial charge in [0.15, 0.2) is 0 Å². The van der Waals surface area contributed by atoms with Crippen LogP contribution in [0.4, 0.5) is 0 Å². The van der Waals surface area contributed by atoms with Gasteiger partial charge in [0, 0.05) is 20.3 Å². The second-order valence-electron chi connectivity index (χ2n) is 3.59. The van der Waals surface area contributed by atoms with E-state index in [0.717, 1.165) is 0 Å². The summed E-state index contributed by atoms with van der Waals surface area (Å²) in [5, 5.41) is 0. The van der Waals surface area contributed by atoms with Crippen molar-refractivity contribution in [2.45, 2.75) is 38.9 Å². The Morgan fingerprint density at radius 2 is 2.06 bits per heavy atom. The Morgan fingerprint density at radius 1 is 1.38 bits per heavy atom. The van der Waals surface area contributed by atoms with Crippen LogP contribution in [0.5, 0.6) is 0 Å². The molecule has 2 atom stereocenters. The predicted molar refractivity (Wildman–Crippen MR) is 51.3 cm³/mol. The molecule has 90 valence electrons. The van der Waals surface area contributed by atoms with Crippen LogP contribution in [0, 0.1) is 0 Å². The summed E-state index contributed by atoms with van der Waals surface area (Å²) in [5.41, 5.74) is 0. The SMILES string of the molecule is CC(=O)OCC1CC(OC(C)=O)CC(=O)O1. The molecule has 0 N–H and O–H groups in total. The minimum atomic E-state index is -0.533. The first-order valence-electron chi connectivity index (χ1n) is 4.97. The van der Waals surface area contributed by atoms with Gasteiger partial charge in [0.2, 0.25) is 0 Å². The van der Waals surface area contributed by atoms with Crippen molar-refractivity contribution in [2.24, 2.45) is 0 Å². The molecule has 1 saturated heterocycles. The van der Waals surface area contributed by atoms with Crippen molar-refractivity contribution in [1.82, 2.24) is 0 Å². The number of hydrogen-bond donors (Lipinski definition) is 0. The van der Waals surface area contributed by atoms with Gasteiger partial charge in [0.1, 0.15) is 18.8 Å². The first kappa shape index (κ1) is 12.5. The number of ether oxygens (including phenoxy) is 3. The molecule has 0 aliphatic carbocycles. The Labute approximate surface area is 92.8 Å². The van der Waals surface area contributed by atoms with E-state index in [-0.39, 0.29) is 13.0 Å². The van der Waals surface area contributed by atoms with Gasteiger partial charge in [-0.15, -0.1) is 0 Å². The van der Waals surface area contributed by atoms with Crippen molar-refractivity contribution in [3.05, 3.63) is 0 Å². The van der Waals surface area contributed by atoms with Gasteiger partial charge in [0.05, 0.1) is 6.42 Å². The number of hydrogen-bond acceptors (Lipinski definition) is 6. The van der Waals surface area contributed by atoms with Crippen LogP contribution in [0.2, 0.25) is 0 Å². The molecule has 1 heterocycles. The molecule has 0 aromatic heterocycles. The van der Waals surface area contributed by atoms with E-state index >= 15 is 0 Å². The molecule has 0 radical (unpaired) electrons. The van der Waals surface area contributed by atoms with E-state index in [2.05, 4.69) is 0 Å². The molecule has 6 heteroatoms. The molecular weight excluding hydrogens is 216 g/mol. The van der Waals surface area contributed by atoms with E-state index in [1.807, 2.05) is 0 Å². The third kappa shape index (κ3) is 4.29. The quantitative estimate of drug-likeness (QED) is 0.508. The normalized spacial score (nSPS) is 24.5. The highest BCUT2D eigenvalue weighted by molar-refractivity contribution is 5.72. The van der Waals surface area contributed by atoms with Crippen molar-refractivity contribution in [1.29, 1.82) is 0 Å². The van der Waals surface area contributed by atoms with Gasteiger partial charge < -0.3 is 14.2 Å². The zero-order valence-electron chi connectivity index (χ0n) is 9.23. The molecule has 0 saturated carbocycles. The van der Waals surface area contributed by atoms with Gasteiger partial charge in [0.25, 0.3) is 0 Å². The molecule has 6 nitrogen and oxygen atoms in total. The summed E-state index contributed by atoms with van der Waals surface area (Å²) in [6.45, 7) is 2.55. The molecular formula is C10H14O6. The van der Waals surface area contributed by atoms with E-state index in [9.17, 15) is 14.4 Å². The van der Waals surface area contributed by atoms with Crippen LogP contribution in [0.1, 0.15) is 26.7 Å². The predicted octanol–water partition coefficient (Wildman–Crippen LogP) is 0.187. The van der Waals surface area contributed by atoms with Gasteiger partial charge in [-0.2, -0.15) is 0 Å². The maximum atomic E-state index is 11.2. The van der Waals surface area contributed by atoms with Crippen LogP contribution in [-0.4, -0.2) is 36.7 Å². The summed E-state index contributed by atoms with van der Waals surface area (Å²) in [6, 6.07) is 0. The first-order valence-corrected chi connectivity index (χ1v) is 4.97. The summed E-state index contributed by atoms with van der Waals surface area (Å²) >= 11 is 0. The third-order valence-corrected chi connectivity index (χ3v) is 2.02. The van der Waals surface area contributed by atoms with Crippen LogP contribution in [0.3, 0.4) is 0 Å². The molecule has 0 aromatic carbocycles. The van der Waals surface area contributed by atoms with E-state index < -0.39 is 30.1 Å². The molecule has 0 spiro atoms. The highest BCUT2D eigenvalue weighted by atomic mass is 16.6. The Balaban J connectivity index is 2.44. The third-order valence-electron chi connectivity index (χ3n) is 2.02. The van der Waals surface area contributed by atoms with E-state index in [0.29, 0.717) is 6.42 Å². The van der Waals surface area contributed by atoms with Gasteiger partial charge in [-0.3, -0.25) is 14.4 Å². The lowest BCUT2D eigenvalue weighted by molar-refractivity contribution is -0.174. The molecule has 1 rings (SSSR count). The largest absolute Gasteiger partial charge is 0.462 e. The second kappa shape index (κ2) is 5.48. The Kier molecular flexibility index (Phi) is 4.28. The maximum Gasteiger partial charge on any atom is 0.309 e. The lowest BCUT2D eigenvalue weighted by Gasteiger charge is -2.27. The van der Waals surface area contributed by atoms with E-state index in [1.54, 1.807) is 0 Å². The Bertz CT molecular complexity index is 296. The summed E-state index contributed by atoms with van der Waals surface area (Å²) in [7, 11) is 0. The van der Waals surface area contributed by atoms with Gasteiger partial charge in [-0.25, -0.2) is 0 Å². The fourth-order valence-corrected chi connectivity index (χ4v) is 1.48. The fourth-order valence-electron chi connectivity index (χ4n) is 1.48. The molecule has 0 amide bonds. The summed E-state index contributed by atoms with van der Waals surface area (Å²) in [5.74, 6) is -1.33. The average Bonchev–Trinajstić information content (AvgIpc) is 2.12. The highest BCUT2D eigenvalue weighted by Crippen LogP contribution is 2.18. The van der Waals surface area contributed by atoms with E-state index in [4.69, 9.17) is 14.2 Å². The maximum absolute atomic E-state index is 11.2. The van der Waals surface area contributed by atoms with Crippen molar-refractivity contribution < 1.29 is 28.6 Å². The molecule has 1 fully saturated rings. The molecule has 0 aromatic rings. The van der Waals surface area contributed by atoms with Crippen molar-refractivity contribution in [3.8, 4) is 0 Å². The lowest BCUT2D eigenvalue weighted by Crippen LogP contribution is -2.37. The molecule has 16 heavy (non-hydrogen) atoms. The van der Waals surface area contributed by atoms with Crippen LogP contribution in [0.15, 0.2) is 0 Å². The van der Waals surface area contributed by atoms with Gasteiger partial charge >= 0.3 is 17.9 Å². The number of rotatable bonds is 3. The van der Waals surface area contributed by atoms with Crippen LogP contribution < -0.4 is 0 Å². The van der Waals surface area contributed by atoms with Crippen molar-refractivity contribution in [3.63, 3.8) is 0 Å². The minimum absolute atomic E-state index is 0.00115. The summed E-state index contributed by atoms with van der Waals surface area (Å²) in [6.07, 6.45) is -0.608. The van der Waals surface area contributed by atoms with Gasteiger partial charge in [-0.05, 0) is 0 Å². The first-order chi connectivity index (χ1) is 7.47. The number of carbonyl (C=O) groups is 3. The number of cyclic esters (lactones) is 1. The van der Waals surface area contributed by atoms with Crippen LogP contribution >= 0.6 is 0 Å². The van der Waals surface area contributed by atoms with Crippen LogP contribution in [-0.2, 0) is 28.6 Å². The molecule has 0 bridgehead atoms. The number of carbonyl (C=O) groups excluding carboxylic acids is 3. The lowest BCUT2D eigenvalue weighted by atomic mass is 10.1. The minimum Gasteiger partial charge on any atom is -0.462 e. The summed E-state index contributed by atoms with van der Waals surface area (Å²) < 4.78 is 14.6. The molecule has 2 unspecified atom stereocenters. The molecule has 1 aliphatic rings. The Morgan fingerprint density at radius 3 is 2.62 bits per heavy atom. The zero-order chi connectivity index (χ0) is 12.1. The highest BCUT2D eigenvalue weighted by Gasteiger charge is 2.31. The van der Waals surface area contributed by atoms with E-state index in [1.165, 1.54) is 13.8 Å². The standard InChI is InChI=1S/C10H14O6/c1-6(11)14-5-9-3-8(15-7(2)12)4-10(13)16-9/h8-9H,3-5H2,1-2H3. The van der Waals surface area contributed by atoms with Gasteiger partial charge in [-0.1, -0.05) is 0 Å². The average molecular weight is 230 g/mol. The monoisotopic (exact) mass is 230 g/mol. The zero-order valence-corrected chi connectivity index (χ0v) is 9.23. The molecule has 1 aliphatic heterocycles. The van der Waals surface area contributed by atoms with Crippen molar-refractivity contribution in [2.75, 3.05) is 6.61 Å². The topological polar surface area (TPSA) is 78.9 Å². The second-order valence-corrected chi connectivity index (χ2v) is 3.59. The fraction of sp³-hybridized carbons (Fsp3) is 0.700. The van der Waals surface area contributed by atoms with Crippen LogP contribution in [0.25, 0.3) is 0 Å². The number of esters is 3. The smallest absolute Gasteiger partial charge is 0.309 e. The summed E-state index contributed by atoms with van der Waals surface area (Å²) in [4.78, 5) is 32.5. The Hall–Kier alpha value is -1.59. The van der Waals surface area contributed by atoms with Crippen molar-refractivity contribution >= 4 is 17.9 Å².